The molecule has 0 aromatic carbocycles. The van der Waals surface area contributed by atoms with Crippen molar-refractivity contribution >= 4 is 5.91 Å². The largest absolute Gasteiger partial charge is 0.342 e. The number of nitrogens with zero attached hydrogens (tertiary/aromatic N) is 1. The van der Waals surface area contributed by atoms with E-state index >= 15 is 0 Å². The van der Waals surface area contributed by atoms with Crippen LogP contribution in [0.25, 0.3) is 0 Å². The lowest BCUT2D eigenvalue weighted by Gasteiger charge is -2.37. The summed E-state index contributed by atoms with van der Waals surface area (Å²) in [7, 11) is 0. The highest BCUT2D eigenvalue weighted by Gasteiger charge is 2.28. The SMILES string of the molecule is CCCNC1CCN(C(=O)CC(C)C)CC1C. The van der Waals surface area contributed by atoms with E-state index in [0.29, 0.717) is 30.2 Å². The predicted octanol–water partition coefficient (Wildman–Crippen LogP) is 2.27. The molecule has 0 aromatic rings. The summed E-state index contributed by atoms with van der Waals surface area (Å²) in [6.45, 7) is 11.6. The molecule has 1 fully saturated rings. The van der Waals surface area contributed by atoms with Gasteiger partial charge in [-0.1, -0.05) is 27.7 Å². The van der Waals surface area contributed by atoms with Crippen molar-refractivity contribution in [3.63, 3.8) is 0 Å². The molecule has 3 heteroatoms. The summed E-state index contributed by atoms with van der Waals surface area (Å²) in [5, 5.41) is 3.58. The molecule has 1 heterocycles. The van der Waals surface area contributed by atoms with E-state index in [9.17, 15) is 4.79 Å². The van der Waals surface area contributed by atoms with Gasteiger partial charge in [0.25, 0.3) is 0 Å². The van der Waals surface area contributed by atoms with Crippen molar-refractivity contribution in [2.45, 2.75) is 53.0 Å². The smallest absolute Gasteiger partial charge is 0.222 e. The van der Waals surface area contributed by atoms with E-state index in [4.69, 9.17) is 0 Å². The number of nitrogens with one attached hydrogen (secondary N) is 1. The standard InChI is InChI=1S/C14H28N2O/c1-5-7-15-13-6-8-16(10-12(13)4)14(17)9-11(2)3/h11-13,15H,5-10H2,1-4H3. The van der Waals surface area contributed by atoms with Crippen LogP contribution in [-0.4, -0.2) is 36.5 Å². The van der Waals surface area contributed by atoms with Crippen LogP contribution in [0.4, 0.5) is 0 Å². The van der Waals surface area contributed by atoms with Crippen LogP contribution in [0.2, 0.25) is 0 Å². The van der Waals surface area contributed by atoms with Crippen molar-refractivity contribution < 1.29 is 4.79 Å². The first-order valence-corrected chi connectivity index (χ1v) is 7.05. The minimum atomic E-state index is 0.334. The molecule has 1 amide bonds. The fourth-order valence-electron chi connectivity index (χ4n) is 2.48. The molecule has 17 heavy (non-hydrogen) atoms. The first-order valence-electron chi connectivity index (χ1n) is 7.05. The molecule has 1 aliphatic rings. The van der Waals surface area contributed by atoms with Gasteiger partial charge >= 0.3 is 0 Å². The van der Waals surface area contributed by atoms with Crippen LogP contribution in [0.5, 0.6) is 0 Å². The zero-order valence-electron chi connectivity index (χ0n) is 11.8. The molecule has 100 valence electrons. The number of likely N-dealkylation sites (tertiary alicyclic amines) is 1. The summed E-state index contributed by atoms with van der Waals surface area (Å²) in [4.78, 5) is 14.0. The first kappa shape index (κ1) is 14.5. The Balaban J connectivity index is 2.38. The van der Waals surface area contributed by atoms with Crippen molar-refractivity contribution in [2.75, 3.05) is 19.6 Å². The molecule has 0 aromatic heterocycles. The number of carbonyl (C=O) groups excluding carboxylic acids is 1. The molecule has 3 nitrogen and oxygen atoms in total. The average molecular weight is 240 g/mol. The van der Waals surface area contributed by atoms with Crippen LogP contribution in [0, 0.1) is 11.8 Å². The molecule has 0 bridgehead atoms. The highest BCUT2D eigenvalue weighted by atomic mass is 16.2. The number of carbonyl (C=O) groups is 1. The van der Waals surface area contributed by atoms with Gasteiger partial charge in [-0.2, -0.15) is 0 Å². The molecular weight excluding hydrogens is 212 g/mol. The minimum absolute atomic E-state index is 0.334. The summed E-state index contributed by atoms with van der Waals surface area (Å²) in [5.74, 6) is 1.38. The second-order valence-electron chi connectivity index (χ2n) is 5.76. The Morgan fingerprint density at radius 3 is 2.71 bits per heavy atom. The summed E-state index contributed by atoms with van der Waals surface area (Å²) >= 11 is 0. The molecule has 1 rings (SSSR count). The van der Waals surface area contributed by atoms with E-state index in [0.717, 1.165) is 26.1 Å². The lowest BCUT2D eigenvalue weighted by molar-refractivity contribution is -0.134. The summed E-state index contributed by atoms with van der Waals surface area (Å²) in [6, 6.07) is 0.595. The van der Waals surface area contributed by atoms with Crippen molar-refractivity contribution in [3.05, 3.63) is 0 Å². The van der Waals surface area contributed by atoms with E-state index in [1.807, 2.05) is 0 Å². The topological polar surface area (TPSA) is 32.3 Å². The van der Waals surface area contributed by atoms with Gasteiger partial charge in [0.15, 0.2) is 0 Å². The fourth-order valence-corrected chi connectivity index (χ4v) is 2.48. The third kappa shape index (κ3) is 4.66. The van der Waals surface area contributed by atoms with E-state index in [1.54, 1.807) is 0 Å². The molecule has 1 N–H and O–H groups in total. The van der Waals surface area contributed by atoms with Gasteiger partial charge in [-0.25, -0.2) is 0 Å². The van der Waals surface area contributed by atoms with Gasteiger partial charge in [0.05, 0.1) is 0 Å². The van der Waals surface area contributed by atoms with Gasteiger partial charge in [-0.3, -0.25) is 4.79 Å². The van der Waals surface area contributed by atoms with Crippen molar-refractivity contribution in [1.29, 1.82) is 0 Å². The molecule has 1 saturated heterocycles. The highest BCUT2D eigenvalue weighted by molar-refractivity contribution is 5.76. The second-order valence-corrected chi connectivity index (χ2v) is 5.76. The van der Waals surface area contributed by atoms with Gasteiger partial charge in [0, 0.05) is 25.6 Å². The van der Waals surface area contributed by atoms with Crippen LogP contribution in [-0.2, 0) is 4.79 Å². The van der Waals surface area contributed by atoms with Gasteiger partial charge in [-0.15, -0.1) is 0 Å². The molecule has 2 atom stereocenters. The van der Waals surface area contributed by atoms with Crippen LogP contribution in [0.1, 0.15) is 47.0 Å². The number of rotatable bonds is 5. The minimum Gasteiger partial charge on any atom is -0.342 e. The maximum Gasteiger partial charge on any atom is 0.222 e. The van der Waals surface area contributed by atoms with Gasteiger partial charge in [0.2, 0.25) is 5.91 Å². The quantitative estimate of drug-likeness (QED) is 0.799. The third-order valence-corrected chi connectivity index (χ3v) is 3.50. The Morgan fingerprint density at radius 2 is 2.18 bits per heavy atom. The summed E-state index contributed by atoms with van der Waals surface area (Å²) in [6.07, 6.45) is 2.98. The maximum atomic E-state index is 12.0. The van der Waals surface area contributed by atoms with Crippen LogP contribution >= 0.6 is 0 Å². The zero-order valence-corrected chi connectivity index (χ0v) is 11.8. The van der Waals surface area contributed by atoms with Gasteiger partial charge in [-0.05, 0) is 31.2 Å². The number of piperidine rings is 1. The van der Waals surface area contributed by atoms with Gasteiger partial charge < -0.3 is 10.2 Å². The first-order chi connectivity index (χ1) is 8.04. The van der Waals surface area contributed by atoms with Gasteiger partial charge in [0.1, 0.15) is 0 Å². The Kier molecular flexibility index (Phi) is 5.96. The monoisotopic (exact) mass is 240 g/mol. The number of amides is 1. The summed E-state index contributed by atoms with van der Waals surface area (Å²) < 4.78 is 0. The fraction of sp³-hybridized carbons (Fsp3) is 0.929. The van der Waals surface area contributed by atoms with Crippen LogP contribution in [0.3, 0.4) is 0 Å². The molecule has 2 unspecified atom stereocenters. The predicted molar refractivity (Wildman–Crippen MR) is 71.9 cm³/mol. The third-order valence-electron chi connectivity index (χ3n) is 3.50. The molecule has 1 aliphatic heterocycles. The normalized spacial score (nSPS) is 25.4. The van der Waals surface area contributed by atoms with E-state index in [1.165, 1.54) is 6.42 Å². The van der Waals surface area contributed by atoms with Crippen molar-refractivity contribution in [2.24, 2.45) is 11.8 Å². The van der Waals surface area contributed by atoms with Crippen molar-refractivity contribution in [1.82, 2.24) is 10.2 Å². The Labute approximate surface area is 106 Å². The van der Waals surface area contributed by atoms with E-state index in [2.05, 4.69) is 37.9 Å². The van der Waals surface area contributed by atoms with Crippen LogP contribution < -0.4 is 5.32 Å². The number of hydrogen-bond donors (Lipinski definition) is 1. The second kappa shape index (κ2) is 7.00. The molecular formula is C14H28N2O. The van der Waals surface area contributed by atoms with Crippen molar-refractivity contribution in [3.8, 4) is 0 Å². The van der Waals surface area contributed by atoms with Crippen LogP contribution in [0.15, 0.2) is 0 Å². The lowest BCUT2D eigenvalue weighted by Crippen LogP contribution is -2.50. The molecule has 0 radical (unpaired) electrons. The molecule has 0 aliphatic carbocycles. The molecule has 0 spiro atoms. The maximum absolute atomic E-state index is 12.0. The summed E-state index contributed by atoms with van der Waals surface area (Å²) in [5.41, 5.74) is 0. The Hall–Kier alpha value is -0.570. The molecule has 0 saturated carbocycles. The van der Waals surface area contributed by atoms with E-state index < -0.39 is 0 Å². The average Bonchev–Trinajstić information content (AvgIpc) is 2.26. The number of hydrogen-bond acceptors (Lipinski definition) is 2. The highest BCUT2D eigenvalue weighted by Crippen LogP contribution is 2.18. The lowest BCUT2D eigenvalue weighted by atomic mass is 9.93. The zero-order chi connectivity index (χ0) is 12.8. The van der Waals surface area contributed by atoms with E-state index in [-0.39, 0.29) is 0 Å². The Morgan fingerprint density at radius 1 is 1.47 bits per heavy atom. The Bertz CT molecular complexity index is 240.